The van der Waals surface area contributed by atoms with Crippen molar-refractivity contribution in [3.05, 3.63) is 48.5 Å². The van der Waals surface area contributed by atoms with Crippen LogP contribution >= 0.6 is 0 Å². The van der Waals surface area contributed by atoms with Crippen LogP contribution in [0.15, 0.2) is 53.4 Å². The molecule has 1 saturated heterocycles. The van der Waals surface area contributed by atoms with Crippen molar-refractivity contribution in [1.29, 1.82) is 0 Å². The third-order valence-electron chi connectivity index (χ3n) is 5.64. The van der Waals surface area contributed by atoms with Gasteiger partial charge in [0.05, 0.1) is 36.0 Å². The van der Waals surface area contributed by atoms with Crippen molar-refractivity contribution >= 4 is 38.9 Å². The molecule has 2 aromatic rings. The Hall–Kier alpha value is -2.95. The fourth-order valence-electron chi connectivity index (χ4n) is 3.86. The van der Waals surface area contributed by atoms with Gasteiger partial charge in [0.15, 0.2) is 0 Å². The molecule has 10 heteroatoms. The Morgan fingerprint density at radius 2 is 1.84 bits per heavy atom. The minimum atomic E-state index is -3.64. The molecule has 0 unspecified atom stereocenters. The minimum absolute atomic E-state index is 0.105. The predicted molar refractivity (Wildman–Crippen MR) is 121 cm³/mol. The Kier molecular flexibility index (Phi) is 5.93. The number of para-hydroxylation sites is 2. The molecule has 2 aromatic carbocycles. The fourth-order valence-corrected chi connectivity index (χ4v) is 5.31. The van der Waals surface area contributed by atoms with Crippen LogP contribution in [0.25, 0.3) is 0 Å². The van der Waals surface area contributed by atoms with E-state index < -0.39 is 15.6 Å². The van der Waals surface area contributed by atoms with Crippen LogP contribution in [0.1, 0.15) is 13.8 Å². The summed E-state index contributed by atoms with van der Waals surface area (Å²) in [5.74, 6) is -0.582. The molecule has 1 fully saturated rings. The highest BCUT2D eigenvalue weighted by Gasteiger charge is 2.43. The van der Waals surface area contributed by atoms with E-state index in [-0.39, 0.29) is 23.3 Å². The van der Waals surface area contributed by atoms with E-state index >= 15 is 0 Å². The monoisotopic (exact) mass is 458 g/mol. The van der Waals surface area contributed by atoms with Crippen molar-refractivity contribution in [3.63, 3.8) is 0 Å². The lowest BCUT2D eigenvalue weighted by Crippen LogP contribution is -2.59. The van der Waals surface area contributed by atoms with Gasteiger partial charge in [-0.1, -0.05) is 18.2 Å². The fraction of sp³-hybridized carbons (Fsp3) is 0.364. The van der Waals surface area contributed by atoms with E-state index in [4.69, 9.17) is 4.74 Å². The van der Waals surface area contributed by atoms with Crippen LogP contribution in [-0.4, -0.2) is 62.9 Å². The molecule has 0 radical (unpaired) electrons. The predicted octanol–water partition coefficient (Wildman–Crippen LogP) is 1.88. The minimum Gasteiger partial charge on any atom is -0.379 e. The Bertz CT molecular complexity index is 1140. The van der Waals surface area contributed by atoms with Gasteiger partial charge < -0.3 is 15.4 Å². The van der Waals surface area contributed by atoms with Gasteiger partial charge in [0.1, 0.15) is 5.54 Å². The van der Waals surface area contributed by atoms with Crippen LogP contribution < -0.4 is 15.5 Å². The molecule has 9 nitrogen and oxygen atoms in total. The van der Waals surface area contributed by atoms with E-state index in [1.165, 1.54) is 21.3 Å². The summed E-state index contributed by atoms with van der Waals surface area (Å²) in [4.78, 5) is 27.4. The first-order chi connectivity index (χ1) is 15.2. The van der Waals surface area contributed by atoms with E-state index in [9.17, 15) is 18.0 Å². The summed E-state index contributed by atoms with van der Waals surface area (Å²) in [6.07, 6.45) is 0. The lowest BCUT2D eigenvalue weighted by Gasteiger charge is -2.42. The summed E-state index contributed by atoms with van der Waals surface area (Å²) >= 11 is 0. The number of hydrogen-bond donors (Lipinski definition) is 2. The van der Waals surface area contributed by atoms with Crippen LogP contribution in [0.2, 0.25) is 0 Å². The van der Waals surface area contributed by atoms with Crippen LogP contribution in [-0.2, 0) is 24.3 Å². The number of fused-ring (bicyclic) bond motifs is 1. The van der Waals surface area contributed by atoms with Gasteiger partial charge in [-0.2, -0.15) is 4.31 Å². The van der Waals surface area contributed by atoms with Gasteiger partial charge in [-0.25, -0.2) is 8.42 Å². The highest BCUT2D eigenvalue weighted by Crippen LogP contribution is 2.36. The molecular weight excluding hydrogens is 432 g/mol. The number of amides is 2. The molecule has 32 heavy (non-hydrogen) atoms. The number of nitrogens with one attached hydrogen (secondary N) is 2. The molecule has 2 heterocycles. The van der Waals surface area contributed by atoms with Crippen LogP contribution in [0, 0.1) is 0 Å². The zero-order valence-electron chi connectivity index (χ0n) is 18.0. The summed E-state index contributed by atoms with van der Waals surface area (Å²) in [5, 5.41) is 5.84. The number of hydrogen-bond acceptors (Lipinski definition) is 6. The Balaban J connectivity index is 1.52. The zero-order chi connectivity index (χ0) is 22.9. The van der Waals surface area contributed by atoms with Gasteiger partial charge in [-0.15, -0.1) is 0 Å². The second kappa shape index (κ2) is 8.53. The molecule has 0 atom stereocenters. The molecule has 0 saturated carbocycles. The first-order valence-corrected chi connectivity index (χ1v) is 11.8. The number of rotatable bonds is 5. The van der Waals surface area contributed by atoms with Crippen LogP contribution in [0.5, 0.6) is 0 Å². The standard InChI is InChI=1S/C22H26N4O5S/c1-22(2)21(28)24-18-8-3-4-9-19(18)26(22)20(27)15-23-16-6-5-7-17(14-16)32(29,30)25-10-12-31-13-11-25/h3-9,14,23H,10-13,15H2,1-2H3,(H,24,28). The van der Waals surface area contributed by atoms with Crippen LogP contribution in [0.4, 0.5) is 17.1 Å². The molecule has 0 bridgehead atoms. The summed E-state index contributed by atoms with van der Waals surface area (Å²) < 4.78 is 32.4. The highest BCUT2D eigenvalue weighted by molar-refractivity contribution is 7.89. The number of morpholine rings is 1. The zero-order valence-corrected chi connectivity index (χ0v) is 18.8. The van der Waals surface area contributed by atoms with Crippen LogP contribution in [0.3, 0.4) is 0 Å². The number of sulfonamides is 1. The number of ether oxygens (including phenoxy) is 1. The third-order valence-corrected chi connectivity index (χ3v) is 7.54. The van der Waals surface area contributed by atoms with Gasteiger partial charge in [-0.05, 0) is 44.2 Å². The van der Waals surface area contributed by atoms with Gasteiger partial charge in [0.2, 0.25) is 21.8 Å². The highest BCUT2D eigenvalue weighted by atomic mass is 32.2. The van der Waals surface area contributed by atoms with E-state index in [0.29, 0.717) is 43.4 Å². The number of nitrogens with zero attached hydrogens (tertiary/aromatic N) is 2. The summed E-state index contributed by atoms with van der Waals surface area (Å²) in [6, 6.07) is 13.5. The molecule has 170 valence electrons. The topological polar surface area (TPSA) is 108 Å². The second-order valence-corrected chi connectivity index (χ2v) is 10.1. The maximum Gasteiger partial charge on any atom is 0.250 e. The van der Waals surface area contributed by atoms with Gasteiger partial charge in [0, 0.05) is 18.8 Å². The van der Waals surface area contributed by atoms with Crippen molar-refractivity contribution in [2.75, 3.05) is 48.4 Å². The van der Waals surface area contributed by atoms with E-state index in [0.717, 1.165) is 0 Å². The van der Waals surface area contributed by atoms with Crippen molar-refractivity contribution in [2.24, 2.45) is 0 Å². The maximum absolute atomic E-state index is 13.2. The smallest absolute Gasteiger partial charge is 0.250 e. The summed E-state index contributed by atoms with van der Waals surface area (Å²) in [6.45, 7) is 4.62. The van der Waals surface area contributed by atoms with Crippen molar-refractivity contribution < 1.29 is 22.7 Å². The SMILES string of the molecule is CC1(C)C(=O)Nc2ccccc2N1C(=O)CNc1cccc(S(=O)(=O)N2CCOCC2)c1. The van der Waals surface area contributed by atoms with Gasteiger partial charge in [-0.3, -0.25) is 14.5 Å². The molecule has 2 N–H and O–H groups in total. The third kappa shape index (κ3) is 4.08. The lowest BCUT2D eigenvalue weighted by molar-refractivity contribution is -0.125. The van der Waals surface area contributed by atoms with Gasteiger partial charge in [0.25, 0.3) is 0 Å². The average molecular weight is 459 g/mol. The van der Waals surface area contributed by atoms with Crippen molar-refractivity contribution in [3.8, 4) is 0 Å². The summed E-state index contributed by atoms with van der Waals surface area (Å²) in [5.41, 5.74) is 0.616. The lowest BCUT2D eigenvalue weighted by atomic mass is 9.96. The molecular formula is C22H26N4O5S. The van der Waals surface area contributed by atoms with Gasteiger partial charge >= 0.3 is 0 Å². The molecule has 0 aliphatic carbocycles. The van der Waals surface area contributed by atoms with E-state index in [1.807, 2.05) is 0 Å². The molecule has 2 aliphatic rings. The first kappa shape index (κ1) is 22.3. The first-order valence-electron chi connectivity index (χ1n) is 10.4. The number of carbonyl (C=O) groups is 2. The Morgan fingerprint density at radius 1 is 1.12 bits per heavy atom. The maximum atomic E-state index is 13.2. The number of benzene rings is 2. The molecule has 0 spiro atoms. The quantitative estimate of drug-likeness (QED) is 0.708. The molecule has 2 aliphatic heterocycles. The van der Waals surface area contributed by atoms with Crippen molar-refractivity contribution in [1.82, 2.24) is 4.31 Å². The largest absolute Gasteiger partial charge is 0.379 e. The van der Waals surface area contributed by atoms with E-state index in [2.05, 4.69) is 10.6 Å². The second-order valence-electron chi connectivity index (χ2n) is 8.16. The normalized spacial score (nSPS) is 18.6. The average Bonchev–Trinajstić information content (AvgIpc) is 2.79. The number of anilines is 3. The molecule has 2 amide bonds. The van der Waals surface area contributed by atoms with Crippen molar-refractivity contribution in [2.45, 2.75) is 24.3 Å². The molecule has 4 rings (SSSR count). The Morgan fingerprint density at radius 3 is 2.59 bits per heavy atom. The molecule has 0 aromatic heterocycles. The van der Waals surface area contributed by atoms with E-state index in [1.54, 1.807) is 50.2 Å². The summed E-state index contributed by atoms with van der Waals surface area (Å²) in [7, 11) is -3.64. The number of carbonyl (C=O) groups excluding carboxylic acids is 2. The Labute approximate surface area is 187 Å².